The minimum Gasteiger partial charge on any atom is -0.495 e. The predicted molar refractivity (Wildman–Crippen MR) is 79.7 cm³/mol. The summed E-state index contributed by atoms with van der Waals surface area (Å²) in [5.41, 5.74) is 4.67. The summed E-state index contributed by atoms with van der Waals surface area (Å²) in [5, 5.41) is 0. The number of benzene rings is 2. The first-order valence-electron chi connectivity index (χ1n) is 6.27. The molecule has 0 atom stereocenters. The van der Waals surface area contributed by atoms with Gasteiger partial charge in [-0.25, -0.2) is 8.42 Å². The normalized spacial score (nSPS) is 12.0. The molecule has 0 unspecified atom stereocenters. The SMILES string of the molecule is COc1cc(N)ccc1S(=O)(=O)Nc1cccc(C(F)(F)F)c1. The van der Waals surface area contributed by atoms with E-state index in [2.05, 4.69) is 4.72 Å². The first-order chi connectivity index (χ1) is 10.6. The number of ether oxygens (including phenoxy) is 1. The zero-order valence-corrected chi connectivity index (χ0v) is 12.7. The highest BCUT2D eigenvalue weighted by atomic mass is 32.2. The highest BCUT2D eigenvalue weighted by Crippen LogP contribution is 2.32. The van der Waals surface area contributed by atoms with Crippen LogP contribution in [0.3, 0.4) is 0 Å². The molecule has 9 heteroatoms. The summed E-state index contributed by atoms with van der Waals surface area (Å²) in [6.45, 7) is 0. The van der Waals surface area contributed by atoms with Crippen LogP contribution in [-0.4, -0.2) is 15.5 Å². The van der Waals surface area contributed by atoms with E-state index < -0.39 is 21.8 Å². The van der Waals surface area contributed by atoms with Gasteiger partial charge in [-0.05, 0) is 30.3 Å². The number of alkyl halides is 3. The van der Waals surface area contributed by atoms with Crippen molar-refractivity contribution in [3.05, 3.63) is 48.0 Å². The molecule has 0 aliphatic heterocycles. The molecule has 0 saturated heterocycles. The summed E-state index contributed by atoms with van der Waals surface area (Å²) < 4.78 is 69.7. The van der Waals surface area contributed by atoms with E-state index in [4.69, 9.17) is 10.5 Å². The smallest absolute Gasteiger partial charge is 0.416 e. The number of anilines is 2. The highest BCUT2D eigenvalue weighted by Gasteiger charge is 2.31. The Morgan fingerprint density at radius 3 is 2.43 bits per heavy atom. The van der Waals surface area contributed by atoms with Gasteiger partial charge < -0.3 is 10.5 Å². The second-order valence-electron chi connectivity index (χ2n) is 4.59. The molecule has 0 fully saturated rings. The first-order valence-corrected chi connectivity index (χ1v) is 7.75. The molecule has 3 N–H and O–H groups in total. The van der Waals surface area contributed by atoms with E-state index >= 15 is 0 Å². The molecule has 124 valence electrons. The monoisotopic (exact) mass is 346 g/mol. The zero-order chi connectivity index (χ0) is 17.3. The molecule has 0 aliphatic rings. The molecule has 0 saturated carbocycles. The van der Waals surface area contributed by atoms with E-state index in [1.165, 1.54) is 31.4 Å². The first kappa shape index (κ1) is 16.9. The van der Waals surface area contributed by atoms with Crippen LogP contribution in [-0.2, 0) is 16.2 Å². The number of hydrogen-bond donors (Lipinski definition) is 2. The largest absolute Gasteiger partial charge is 0.495 e. The van der Waals surface area contributed by atoms with Crippen molar-refractivity contribution >= 4 is 21.4 Å². The van der Waals surface area contributed by atoms with Gasteiger partial charge in [-0.3, -0.25) is 4.72 Å². The number of nitrogens with one attached hydrogen (secondary N) is 1. The minimum absolute atomic E-state index is 0.00974. The Morgan fingerprint density at radius 2 is 1.83 bits per heavy atom. The molecule has 0 bridgehead atoms. The quantitative estimate of drug-likeness (QED) is 0.834. The van der Waals surface area contributed by atoms with E-state index in [0.717, 1.165) is 12.1 Å². The van der Waals surface area contributed by atoms with Crippen LogP contribution in [0.15, 0.2) is 47.4 Å². The summed E-state index contributed by atoms with van der Waals surface area (Å²) >= 11 is 0. The third-order valence-electron chi connectivity index (χ3n) is 2.92. The minimum atomic E-state index is -4.57. The number of hydrogen-bond acceptors (Lipinski definition) is 4. The van der Waals surface area contributed by atoms with E-state index in [1.807, 2.05) is 0 Å². The fraction of sp³-hybridized carbons (Fsp3) is 0.143. The standard InChI is InChI=1S/C14H13F3N2O3S/c1-22-12-8-10(18)5-6-13(12)23(20,21)19-11-4-2-3-9(7-11)14(15,16)17/h2-8,19H,18H2,1H3. The summed E-state index contributed by atoms with van der Waals surface area (Å²) in [6, 6.07) is 7.76. The number of rotatable bonds is 4. The van der Waals surface area contributed by atoms with Crippen molar-refractivity contribution < 1.29 is 26.3 Å². The van der Waals surface area contributed by atoms with Crippen LogP contribution in [0.25, 0.3) is 0 Å². The van der Waals surface area contributed by atoms with Gasteiger partial charge in [0.05, 0.1) is 12.7 Å². The summed E-state index contributed by atoms with van der Waals surface area (Å²) in [4.78, 5) is -0.230. The van der Waals surface area contributed by atoms with Crippen LogP contribution in [0.2, 0.25) is 0 Å². The van der Waals surface area contributed by atoms with Crippen molar-refractivity contribution in [2.75, 3.05) is 17.6 Å². The lowest BCUT2D eigenvalue weighted by Gasteiger charge is -2.13. The maximum absolute atomic E-state index is 12.7. The number of nitrogen functional groups attached to an aromatic ring is 1. The van der Waals surface area contributed by atoms with Gasteiger partial charge >= 0.3 is 6.18 Å². The zero-order valence-electron chi connectivity index (χ0n) is 11.9. The topological polar surface area (TPSA) is 81.4 Å². The number of nitrogens with two attached hydrogens (primary N) is 1. The molecular formula is C14H13F3N2O3S. The maximum Gasteiger partial charge on any atom is 0.416 e. The molecule has 23 heavy (non-hydrogen) atoms. The lowest BCUT2D eigenvalue weighted by atomic mass is 10.2. The van der Waals surface area contributed by atoms with Gasteiger partial charge in [-0.15, -0.1) is 0 Å². The summed E-state index contributed by atoms with van der Waals surface area (Å²) in [6.07, 6.45) is -4.57. The van der Waals surface area contributed by atoms with Crippen LogP contribution < -0.4 is 15.2 Å². The average Bonchev–Trinajstić information content (AvgIpc) is 2.45. The highest BCUT2D eigenvalue weighted by molar-refractivity contribution is 7.92. The van der Waals surface area contributed by atoms with Gasteiger partial charge in [-0.2, -0.15) is 13.2 Å². The molecule has 0 spiro atoms. The third kappa shape index (κ3) is 3.86. The number of sulfonamides is 1. The Labute approximate surface area is 130 Å². The van der Waals surface area contributed by atoms with Crippen LogP contribution in [0.1, 0.15) is 5.56 Å². The van der Waals surface area contributed by atoms with Crippen molar-refractivity contribution in [2.45, 2.75) is 11.1 Å². The summed E-state index contributed by atoms with van der Waals surface area (Å²) in [5.74, 6) is -0.00974. The molecule has 0 aliphatic carbocycles. The van der Waals surface area contributed by atoms with E-state index in [1.54, 1.807) is 0 Å². The average molecular weight is 346 g/mol. The summed E-state index contributed by atoms with van der Waals surface area (Å²) in [7, 11) is -2.87. The Morgan fingerprint density at radius 1 is 1.13 bits per heavy atom. The van der Waals surface area contributed by atoms with E-state index in [-0.39, 0.29) is 16.3 Å². The second-order valence-corrected chi connectivity index (χ2v) is 6.25. The second kappa shape index (κ2) is 5.99. The van der Waals surface area contributed by atoms with Crippen molar-refractivity contribution in [2.24, 2.45) is 0 Å². The molecule has 2 rings (SSSR count). The van der Waals surface area contributed by atoms with E-state index in [0.29, 0.717) is 11.8 Å². The van der Waals surface area contributed by atoms with Gasteiger partial charge in [0.15, 0.2) is 0 Å². The van der Waals surface area contributed by atoms with Gasteiger partial charge in [-0.1, -0.05) is 6.07 Å². The third-order valence-corrected chi connectivity index (χ3v) is 4.34. The molecule has 0 radical (unpaired) electrons. The molecule has 0 heterocycles. The van der Waals surface area contributed by atoms with Crippen LogP contribution >= 0.6 is 0 Å². The molecule has 5 nitrogen and oxygen atoms in total. The lowest BCUT2D eigenvalue weighted by Crippen LogP contribution is -2.15. The number of methoxy groups -OCH3 is 1. The molecule has 0 amide bonds. The maximum atomic E-state index is 12.7. The Balaban J connectivity index is 2.40. The Hall–Kier alpha value is -2.42. The van der Waals surface area contributed by atoms with Gasteiger partial charge in [0.1, 0.15) is 10.6 Å². The van der Waals surface area contributed by atoms with Crippen LogP contribution in [0, 0.1) is 0 Å². The van der Waals surface area contributed by atoms with Crippen molar-refractivity contribution in [3.8, 4) is 5.75 Å². The lowest BCUT2D eigenvalue weighted by molar-refractivity contribution is -0.137. The fourth-order valence-corrected chi connectivity index (χ4v) is 3.08. The molecule has 0 aromatic heterocycles. The van der Waals surface area contributed by atoms with Gasteiger partial charge in [0, 0.05) is 17.4 Å². The predicted octanol–water partition coefficient (Wildman–Crippen LogP) is 3.10. The van der Waals surface area contributed by atoms with Crippen LogP contribution in [0.5, 0.6) is 5.75 Å². The van der Waals surface area contributed by atoms with Gasteiger partial charge in [0.2, 0.25) is 0 Å². The van der Waals surface area contributed by atoms with Crippen molar-refractivity contribution in [1.82, 2.24) is 0 Å². The Kier molecular flexibility index (Phi) is 4.42. The molecular weight excluding hydrogens is 333 g/mol. The molecule has 2 aromatic rings. The number of halogens is 3. The van der Waals surface area contributed by atoms with Crippen LogP contribution in [0.4, 0.5) is 24.5 Å². The Bertz CT molecular complexity index is 820. The molecule has 2 aromatic carbocycles. The van der Waals surface area contributed by atoms with Gasteiger partial charge in [0.25, 0.3) is 10.0 Å². The van der Waals surface area contributed by atoms with Crippen molar-refractivity contribution in [1.29, 1.82) is 0 Å². The van der Waals surface area contributed by atoms with Crippen molar-refractivity contribution in [3.63, 3.8) is 0 Å². The van der Waals surface area contributed by atoms with E-state index in [9.17, 15) is 21.6 Å². The fourth-order valence-electron chi connectivity index (χ4n) is 1.88.